The molecule has 1 aromatic heterocycles. The van der Waals surface area contributed by atoms with E-state index in [0.29, 0.717) is 5.56 Å². The van der Waals surface area contributed by atoms with Crippen LogP contribution in [0.4, 0.5) is 8.78 Å². The molecule has 1 heterocycles. The molecule has 0 radical (unpaired) electrons. The third-order valence-corrected chi connectivity index (χ3v) is 7.30. The van der Waals surface area contributed by atoms with Crippen molar-refractivity contribution in [3.05, 3.63) is 94.8 Å². The maximum atomic E-state index is 14.0. The topological polar surface area (TPSA) is 38.1 Å². The summed E-state index contributed by atoms with van der Waals surface area (Å²) in [5.41, 5.74) is 5.18. The number of aliphatic hydroxyl groups is 1. The van der Waals surface area contributed by atoms with Crippen molar-refractivity contribution in [1.29, 1.82) is 0 Å². The van der Waals surface area contributed by atoms with Gasteiger partial charge in [-0.05, 0) is 90.6 Å². The number of fused-ring (bicyclic) bond motifs is 2. The Balaban J connectivity index is 1.51. The van der Waals surface area contributed by atoms with Gasteiger partial charge in [-0.3, -0.25) is 0 Å². The molecule has 32 heavy (non-hydrogen) atoms. The highest BCUT2D eigenvalue weighted by Gasteiger charge is 2.46. The smallest absolute Gasteiger partial charge is 0.130 e. The van der Waals surface area contributed by atoms with Crippen molar-refractivity contribution in [2.45, 2.75) is 38.7 Å². The molecule has 0 unspecified atom stereocenters. The fourth-order valence-corrected chi connectivity index (χ4v) is 5.51. The normalized spacial score (nSPS) is 23.1. The quantitative estimate of drug-likeness (QED) is 0.527. The maximum Gasteiger partial charge on any atom is 0.130 e. The molecule has 164 valence electrons. The number of nitrogens with zero attached hydrogens (tertiary/aromatic N) is 2. The minimum Gasteiger partial charge on any atom is -0.388 e. The minimum absolute atomic E-state index is 0.00736. The standard InChI is InChI=1S/C27H26F2N2O/c1-3-17-13-18(7-12-24(17)29)26(32)23-6-4-5-20-14-25-19(15-27(20,23)2)16-30-31(25)22-10-8-21(28)9-11-22/h3,7-14,16,23,26,32H,1,4-6,15H2,2H3/t23-,26+,27+/m1/s1. The first-order valence-electron chi connectivity index (χ1n) is 11.0. The van der Waals surface area contributed by atoms with Crippen LogP contribution < -0.4 is 0 Å². The van der Waals surface area contributed by atoms with E-state index in [4.69, 9.17) is 0 Å². The van der Waals surface area contributed by atoms with Crippen LogP contribution in [0, 0.1) is 23.0 Å². The first kappa shape index (κ1) is 20.8. The Hall–Kier alpha value is -3.05. The third kappa shape index (κ3) is 3.32. The lowest BCUT2D eigenvalue weighted by Gasteiger charge is -2.47. The van der Waals surface area contributed by atoms with Crippen LogP contribution in [0.2, 0.25) is 0 Å². The summed E-state index contributed by atoms with van der Waals surface area (Å²) in [4.78, 5) is 0. The van der Waals surface area contributed by atoms with Gasteiger partial charge in [-0.15, -0.1) is 0 Å². The molecule has 1 N–H and O–H groups in total. The summed E-state index contributed by atoms with van der Waals surface area (Å²) in [7, 11) is 0. The highest BCUT2D eigenvalue weighted by atomic mass is 19.1. The van der Waals surface area contributed by atoms with E-state index in [-0.39, 0.29) is 23.0 Å². The summed E-state index contributed by atoms with van der Waals surface area (Å²) >= 11 is 0. The molecular formula is C27H26F2N2O. The van der Waals surface area contributed by atoms with Gasteiger partial charge in [0.25, 0.3) is 0 Å². The van der Waals surface area contributed by atoms with Crippen LogP contribution in [0.15, 0.2) is 60.8 Å². The molecule has 0 bridgehead atoms. The average Bonchev–Trinajstić information content (AvgIpc) is 3.19. The number of hydrogen-bond acceptors (Lipinski definition) is 2. The van der Waals surface area contributed by atoms with Gasteiger partial charge in [0, 0.05) is 5.56 Å². The Morgan fingerprint density at radius 2 is 2.00 bits per heavy atom. The molecule has 0 spiro atoms. The number of rotatable bonds is 4. The van der Waals surface area contributed by atoms with Crippen molar-refractivity contribution in [2.24, 2.45) is 11.3 Å². The predicted molar refractivity (Wildman–Crippen MR) is 122 cm³/mol. The highest BCUT2D eigenvalue weighted by Crippen LogP contribution is 2.54. The molecule has 2 aliphatic carbocycles. The summed E-state index contributed by atoms with van der Waals surface area (Å²) in [6.07, 6.45) is 8.49. The number of aliphatic hydroxyl groups excluding tert-OH is 1. The van der Waals surface area contributed by atoms with Crippen LogP contribution in [0.1, 0.15) is 54.7 Å². The molecule has 2 aromatic carbocycles. The van der Waals surface area contributed by atoms with E-state index < -0.39 is 6.10 Å². The summed E-state index contributed by atoms with van der Waals surface area (Å²) < 4.78 is 29.2. The van der Waals surface area contributed by atoms with Gasteiger partial charge in [0.15, 0.2) is 0 Å². The van der Waals surface area contributed by atoms with E-state index in [0.717, 1.165) is 48.2 Å². The second-order valence-corrected chi connectivity index (χ2v) is 9.14. The predicted octanol–water partition coefficient (Wildman–Crippen LogP) is 6.27. The van der Waals surface area contributed by atoms with Crippen molar-refractivity contribution in [1.82, 2.24) is 9.78 Å². The molecule has 1 fully saturated rings. The van der Waals surface area contributed by atoms with Crippen LogP contribution in [0.5, 0.6) is 0 Å². The van der Waals surface area contributed by atoms with E-state index in [2.05, 4.69) is 24.7 Å². The fourth-order valence-electron chi connectivity index (χ4n) is 5.51. The molecule has 1 saturated carbocycles. The lowest BCUT2D eigenvalue weighted by Crippen LogP contribution is -2.40. The summed E-state index contributed by atoms with van der Waals surface area (Å²) in [6, 6.07) is 11.1. The van der Waals surface area contributed by atoms with E-state index in [1.165, 1.54) is 29.8 Å². The molecule has 3 atom stereocenters. The van der Waals surface area contributed by atoms with E-state index in [9.17, 15) is 13.9 Å². The Labute approximate surface area is 186 Å². The van der Waals surface area contributed by atoms with Crippen LogP contribution in [-0.4, -0.2) is 14.9 Å². The number of halogens is 2. The van der Waals surface area contributed by atoms with E-state index in [1.807, 2.05) is 10.9 Å². The first-order valence-corrected chi connectivity index (χ1v) is 11.0. The SMILES string of the molecule is C=Cc1cc([C@H](O)[C@H]2CCCC3=Cc4c(cnn4-c4ccc(F)cc4)C[C@@]32C)ccc1F. The number of benzene rings is 2. The van der Waals surface area contributed by atoms with Gasteiger partial charge in [0.05, 0.1) is 23.7 Å². The molecule has 3 aromatic rings. The fraction of sp³-hybridized carbons (Fsp3) is 0.296. The monoisotopic (exact) mass is 432 g/mol. The van der Waals surface area contributed by atoms with Crippen molar-refractivity contribution in [3.63, 3.8) is 0 Å². The van der Waals surface area contributed by atoms with E-state index in [1.54, 1.807) is 24.3 Å². The Bertz CT molecular complexity index is 1210. The summed E-state index contributed by atoms with van der Waals surface area (Å²) in [5, 5.41) is 16.0. The van der Waals surface area contributed by atoms with Gasteiger partial charge in [-0.1, -0.05) is 31.2 Å². The molecule has 0 saturated heterocycles. The van der Waals surface area contributed by atoms with Crippen LogP contribution in [-0.2, 0) is 6.42 Å². The minimum atomic E-state index is -0.698. The van der Waals surface area contributed by atoms with Gasteiger partial charge in [-0.25, -0.2) is 13.5 Å². The second kappa shape index (κ2) is 7.82. The molecule has 5 heteroatoms. The molecule has 2 aliphatic rings. The third-order valence-electron chi connectivity index (χ3n) is 7.30. The number of hydrogen-bond donors (Lipinski definition) is 1. The zero-order valence-electron chi connectivity index (χ0n) is 18.1. The largest absolute Gasteiger partial charge is 0.388 e. The average molecular weight is 433 g/mol. The van der Waals surface area contributed by atoms with Gasteiger partial charge in [0.2, 0.25) is 0 Å². The zero-order valence-corrected chi connectivity index (χ0v) is 18.1. The zero-order chi connectivity index (χ0) is 22.5. The van der Waals surface area contributed by atoms with Gasteiger partial charge < -0.3 is 5.11 Å². The summed E-state index contributed by atoms with van der Waals surface area (Å²) in [5.74, 6) is -0.597. The first-order chi connectivity index (χ1) is 15.4. The molecular weight excluding hydrogens is 406 g/mol. The number of allylic oxidation sites excluding steroid dienone is 1. The lowest BCUT2D eigenvalue weighted by molar-refractivity contribution is 0.0216. The van der Waals surface area contributed by atoms with Gasteiger partial charge in [-0.2, -0.15) is 5.10 Å². The van der Waals surface area contributed by atoms with Crippen molar-refractivity contribution in [2.75, 3.05) is 0 Å². The molecule has 0 aliphatic heterocycles. The highest BCUT2D eigenvalue weighted by molar-refractivity contribution is 5.61. The van der Waals surface area contributed by atoms with E-state index >= 15 is 0 Å². The maximum absolute atomic E-state index is 14.0. The summed E-state index contributed by atoms with van der Waals surface area (Å²) in [6.45, 7) is 5.90. The Morgan fingerprint density at radius 1 is 1.22 bits per heavy atom. The Kier molecular flexibility index (Phi) is 5.09. The van der Waals surface area contributed by atoms with Crippen molar-refractivity contribution in [3.8, 4) is 5.69 Å². The molecule has 0 amide bonds. The second-order valence-electron chi connectivity index (χ2n) is 9.14. The van der Waals surface area contributed by atoms with Gasteiger partial charge >= 0.3 is 0 Å². The number of aromatic nitrogens is 2. The van der Waals surface area contributed by atoms with Crippen molar-refractivity contribution >= 4 is 12.2 Å². The lowest BCUT2D eigenvalue weighted by atomic mass is 9.57. The molecule has 3 nitrogen and oxygen atoms in total. The molecule has 5 rings (SSSR count). The van der Waals surface area contributed by atoms with Crippen LogP contribution >= 0.6 is 0 Å². The van der Waals surface area contributed by atoms with Crippen LogP contribution in [0.25, 0.3) is 17.8 Å². The van der Waals surface area contributed by atoms with Gasteiger partial charge in [0.1, 0.15) is 11.6 Å². The van der Waals surface area contributed by atoms with Crippen molar-refractivity contribution < 1.29 is 13.9 Å². The van der Waals surface area contributed by atoms with Crippen LogP contribution in [0.3, 0.4) is 0 Å². The Morgan fingerprint density at radius 3 is 2.75 bits per heavy atom.